The molecular weight excluding hydrogens is 286 g/mol. The molecule has 1 atom stereocenters. The summed E-state index contributed by atoms with van der Waals surface area (Å²) in [6.07, 6.45) is 1.36. The van der Waals surface area contributed by atoms with Gasteiger partial charge in [-0.15, -0.1) is 0 Å². The van der Waals surface area contributed by atoms with Crippen molar-refractivity contribution < 1.29 is 29.0 Å². The van der Waals surface area contributed by atoms with Crippen LogP contribution in [0.25, 0.3) is 0 Å². The summed E-state index contributed by atoms with van der Waals surface area (Å²) in [5, 5.41) is 19.7. The highest BCUT2D eigenvalue weighted by Gasteiger charge is 2.23. The highest BCUT2D eigenvalue weighted by atomic mass is 32.2. The molecule has 1 rings (SSSR count). The Morgan fingerprint density at radius 2 is 2.05 bits per heavy atom. The molecule has 1 heterocycles. The molecular formula is C12H15NO6S. The molecule has 0 fully saturated rings. The summed E-state index contributed by atoms with van der Waals surface area (Å²) in [7, 11) is 0. The quantitative estimate of drug-likeness (QED) is 0.660. The van der Waals surface area contributed by atoms with Crippen LogP contribution in [-0.2, 0) is 15.3 Å². The Hall–Kier alpha value is -1.96. The zero-order valence-corrected chi connectivity index (χ0v) is 11.6. The van der Waals surface area contributed by atoms with Crippen molar-refractivity contribution >= 4 is 29.6 Å². The normalized spacial score (nSPS) is 11.8. The van der Waals surface area contributed by atoms with Gasteiger partial charge in [-0.2, -0.15) is 11.8 Å². The lowest BCUT2D eigenvalue weighted by Gasteiger charge is -2.12. The van der Waals surface area contributed by atoms with Crippen molar-refractivity contribution in [1.29, 1.82) is 0 Å². The Bertz CT molecular complexity index is 498. The fraction of sp³-hybridized carbons (Fsp3) is 0.417. The number of carbonyl (C=O) groups is 3. The first-order chi connectivity index (χ1) is 9.43. The zero-order chi connectivity index (χ0) is 15.1. The molecule has 3 N–H and O–H groups in total. The Labute approximate surface area is 119 Å². The minimum Gasteiger partial charge on any atom is -0.481 e. The number of aliphatic carboxylic acids is 2. The second-order valence-electron chi connectivity index (χ2n) is 4.00. The fourth-order valence-corrected chi connectivity index (χ4v) is 1.91. The lowest BCUT2D eigenvalue weighted by Crippen LogP contribution is -2.41. The van der Waals surface area contributed by atoms with Crippen LogP contribution in [0.3, 0.4) is 0 Å². The maximum absolute atomic E-state index is 11.8. The SMILES string of the molecule is CSCc1ccc(C(=O)NC(CCC(=O)O)C(=O)O)o1. The van der Waals surface area contributed by atoms with Crippen LogP contribution < -0.4 is 5.32 Å². The molecule has 20 heavy (non-hydrogen) atoms. The second kappa shape index (κ2) is 7.59. The summed E-state index contributed by atoms with van der Waals surface area (Å²) in [5.74, 6) is -1.85. The Kier molecular flexibility index (Phi) is 6.10. The molecule has 110 valence electrons. The molecule has 0 saturated carbocycles. The molecule has 0 spiro atoms. The minimum absolute atomic E-state index is 0.00984. The molecule has 0 saturated heterocycles. The smallest absolute Gasteiger partial charge is 0.326 e. The van der Waals surface area contributed by atoms with E-state index in [1.807, 2.05) is 6.26 Å². The largest absolute Gasteiger partial charge is 0.481 e. The van der Waals surface area contributed by atoms with E-state index in [9.17, 15) is 14.4 Å². The number of hydrogen-bond donors (Lipinski definition) is 3. The Morgan fingerprint density at radius 1 is 1.35 bits per heavy atom. The molecule has 0 radical (unpaired) electrons. The lowest BCUT2D eigenvalue weighted by atomic mass is 10.1. The average molecular weight is 301 g/mol. The number of amides is 1. The molecule has 0 aliphatic heterocycles. The van der Waals surface area contributed by atoms with Gasteiger partial charge >= 0.3 is 11.9 Å². The topological polar surface area (TPSA) is 117 Å². The van der Waals surface area contributed by atoms with Gasteiger partial charge in [0, 0.05) is 6.42 Å². The number of hydrogen-bond acceptors (Lipinski definition) is 5. The molecule has 1 aromatic heterocycles. The molecule has 0 bridgehead atoms. The van der Waals surface area contributed by atoms with Gasteiger partial charge in [0.25, 0.3) is 5.91 Å². The van der Waals surface area contributed by atoms with Crippen LogP contribution in [-0.4, -0.2) is 40.4 Å². The molecule has 8 heteroatoms. The number of rotatable bonds is 8. The van der Waals surface area contributed by atoms with Crippen molar-refractivity contribution in [3.05, 3.63) is 23.7 Å². The van der Waals surface area contributed by atoms with E-state index in [1.165, 1.54) is 17.8 Å². The van der Waals surface area contributed by atoms with Gasteiger partial charge in [-0.3, -0.25) is 9.59 Å². The minimum atomic E-state index is -1.28. The zero-order valence-electron chi connectivity index (χ0n) is 10.8. The van der Waals surface area contributed by atoms with E-state index in [1.54, 1.807) is 6.07 Å². The molecule has 0 aliphatic carbocycles. The first-order valence-electron chi connectivity index (χ1n) is 5.77. The van der Waals surface area contributed by atoms with Gasteiger partial charge in [-0.25, -0.2) is 4.79 Å². The predicted molar refractivity (Wildman–Crippen MR) is 71.7 cm³/mol. The molecule has 7 nitrogen and oxygen atoms in total. The fourth-order valence-electron chi connectivity index (χ4n) is 1.47. The summed E-state index contributed by atoms with van der Waals surface area (Å²) in [4.78, 5) is 33.2. The van der Waals surface area contributed by atoms with Crippen LogP contribution in [0, 0.1) is 0 Å². The van der Waals surface area contributed by atoms with E-state index >= 15 is 0 Å². The molecule has 0 aromatic carbocycles. The summed E-state index contributed by atoms with van der Waals surface area (Å²) < 4.78 is 5.25. The first kappa shape index (κ1) is 16.1. The molecule has 0 aliphatic rings. The molecule has 1 aromatic rings. The Morgan fingerprint density at radius 3 is 2.60 bits per heavy atom. The number of carbonyl (C=O) groups excluding carboxylic acids is 1. The standard InChI is InChI=1S/C12H15NO6S/c1-20-6-7-2-4-9(19-7)11(16)13-8(12(17)18)3-5-10(14)15/h2,4,8H,3,5-6H2,1H3,(H,13,16)(H,14,15)(H,17,18). The van der Waals surface area contributed by atoms with Crippen LogP contribution in [0.2, 0.25) is 0 Å². The van der Waals surface area contributed by atoms with Crippen molar-refractivity contribution in [3.8, 4) is 0 Å². The van der Waals surface area contributed by atoms with Crippen molar-refractivity contribution in [2.75, 3.05) is 6.26 Å². The van der Waals surface area contributed by atoms with Gasteiger partial charge in [-0.05, 0) is 24.8 Å². The van der Waals surface area contributed by atoms with E-state index in [2.05, 4.69) is 5.32 Å². The van der Waals surface area contributed by atoms with Crippen LogP contribution in [0.15, 0.2) is 16.5 Å². The van der Waals surface area contributed by atoms with Crippen molar-refractivity contribution in [1.82, 2.24) is 5.32 Å². The summed E-state index contributed by atoms with van der Waals surface area (Å²) in [5.41, 5.74) is 0. The number of nitrogens with one attached hydrogen (secondary N) is 1. The number of carboxylic acids is 2. The second-order valence-corrected chi connectivity index (χ2v) is 4.86. The van der Waals surface area contributed by atoms with Crippen LogP contribution in [0.5, 0.6) is 0 Å². The monoisotopic (exact) mass is 301 g/mol. The lowest BCUT2D eigenvalue weighted by molar-refractivity contribution is -0.140. The molecule has 1 unspecified atom stereocenters. The van der Waals surface area contributed by atoms with E-state index in [-0.39, 0.29) is 18.6 Å². The van der Waals surface area contributed by atoms with Gasteiger partial charge in [0.05, 0.1) is 5.75 Å². The van der Waals surface area contributed by atoms with Gasteiger partial charge < -0.3 is 19.9 Å². The first-order valence-corrected chi connectivity index (χ1v) is 7.16. The number of thioether (sulfide) groups is 1. The van der Waals surface area contributed by atoms with E-state index < -0.39 is 23.9 Å². The van der Waals surface area contributed by atoms with Gasteiger partial charge in [0.1, 0.15) is 11.8 Å². The van der Waals surface area contributed by atoms with Gasteiger partial charge in [-0.1, -0.05) is 0 Å². The third-order valence-corrected chi connectivity index (χ3v) is 3.00. The summed E-state index contributed by atoms with van der Waals surface area (Å²) in [6.45, 7) is 0. The molecule has 1 amide bonds. The van der Waals surface area contributed by atoms with Crippen LogP contribution in [0.4, 0.5) is 0 Å². The summed E-state index contributed by atoms with van der Waals surface area (Å²) >= 11 is 1.53. The third kappa shape index (κ3) is 4.96. The maximum Gasteiger partial charge on any atom is 0.326 e. The van der Waals surface area contributed by atoms with Crippen molar-refractivity contribution in [3.63, 3.8) is 0 Å². The predicted octanol–water partition coefficient (Wildman–Crippen LogP) is 1.19. The van der Waals surface area contributed by atoms with E-state index in [0.29, 0.717) is 11.5 Å². The highest BCUT2D eigenvalue weighted by molar-refractivity contribution is 7.97. The third-order valence-electron chi connectivity index (χ3n) is 2.42. The van der Waals surface area contributed by atoms with Crippen LogP contribution >= 0.6 is 11.8 Å². The van der Waals surface area contributed by atoms with Gasteiger partial charge in [0.15, 0.2) is 5.76 Å². The number of furan rings is 1. The van der Waals surface area contributed by atoms with Gasteiger partial charge in [0.2, 0.25) is 0 Å². The van der Waals surface area contributed by atoms with E-state index in [4.69, 9.17) is 14.6 Å². The van der Waals surface area contributed by atoms with Crippen LogP contribution in [0.1, 0.15) is 29.2 Å². The summed E-state index contributed by atoms with van der Waals surface area (Å²) in [6, 6.07) is 1.84. The Balaban J connectivity index is 2.64. The van der Waals surface area contributed by atoms with Crippen molar-refractivity contribution in [2.24, 2.45) is 0 Å². The maximum atomic E-state index is 11.8. The van der Waals surface area contributed by atoms with E-state index in [0.717, 1.165) is 0 Å². The van der Waals surface area contributed by atoms with Crippen molar-refractivity contribution in [2.45, 2.75) is 24.6 Å². The highest BCUT2D eigenvalue weighted by Crippen LogP contribution is 2.13. The number of carboxylic acid groups (broad SMARTS) is 2. The average Bonchev–Trinajstić information content (AvgIpc) is 2.82.